The molecule has 2 aliphatic rings. The molecular weight excluding hydrogens is 310 g/mol. The van der Waals surface area contributed by atoms with Crippen LogP contribution in [0.3, 0.4) is 0 Å². The third kappa shape index (κ3) is 3.86. The van der Waals surface area contributed by atoms with E-state index in [1.54, 1.807) is 11.3 Å². The van der Waals surface area contributed by atoms with Crippen LogP contribution in [0.15, 0.2) is 11.7 Å². The number of amides is 1. The third-order valence-corrected chi connectivity index (χ3v) is 5.63. The highest BCUT2D eigenvalue weighted by Gasteiger charge is 2.49. The largest absolute Gasteiger partial charge is 0.444 e. The number of piperidine rings is 1. The lowest BCUT2D eigenvalue weighted by atomic mass is 9.69. The van der Waals surface area contributed by atoms with Gasteiger partial charge in [0.1, 0.15) is 5.60 Å². The van der Waals surface area contributed by atoms with Crippen LogP contribution in [0.5, 0.6) is 0 Å². The van der Waals surface area contributed by atoms with Gasteiger partial charge in [0.2, 0.25) is 0 Å². The number of carbonyl (C=O) groups excluding carboxylic acids is 1. The van der Waals surface area contributed by atoms with E-state index >= 15 is 0 Å². The van der Waals surface area contributed by atoms with Gasteiger partial charge in [0, 0.05) is 35.7 Å². The lowest BCUT2D eigenvalue weighted by Crippen LogP contribution is -2.63. The van der Waals surface area contributed by atoms with E-state index in [-0.39, 0.29) is 11.6 Å². The molecule has 2 heterocycles. The molecule has 0 bridgehead atoms. The summed E-state index contributed by atoms with van der Waals surface area (Å²) in [6.07, 6.45) is 7.21. The number of likely N-dealkylation sites (tertiary alicyclic amines) is 1. The number of nitrogens with one attached hydrogen (secondary N) is 1. The van der Waals surface area contributed by atoms with Gasteiger partial charge in [0.05, 0.1) is 5.51 Å². The fourth-order valence-corrected chi connectivity index (χ4v) is 4.15. The van der Waals surface area contributed by atoms with E-state index in [1.165, 1.54) is 11.3 Å². The molecule has 1 atom stereocenters. The van der Waals surface area contributed by atoms with Crippen molar-refractivity contribution in [3.8, 4) is 0 Å². The number of carbonyl (C=O) groups is 1. The van der Waals surface area contributed by atoms with E-state index in [1.807, 2.05) is 37.4 Å². The summed E-state index contributed by atoms with van der Waals surface area (Å²) in [6, 6.07) is 0.469. The highest BCUT2D eigenvalue weighted by atomic mass is 32.1. The molecule has 1 aliphatic heterocycles. The van der Waals surface area contributed by atoms with E-state index in [4.69, 9.17) is 4.74 Å². The fraction of sp³-hybridized carbons (Fsp3) is 0.765. The fourth-order valence-electron chi connectivity index (χ4n) is 3.60. The summed E-state index contributed by atoms with van der Waals surface area (Å²) in [5.74, 6) is 0. The summed E-state index contributed by atoms with van der Waals surface area (Å²) in [6.45, 7) is 7.46. The summed E-state index contributed by atoms with van der Waals surface area (Å²) < 4.78 is 5.62. The van der Waals surface area contributed by atoms with E-state index in [0.717, 1.165) is 38.8 Å². The van der Waals surface area contributed by atoms with Crippen LogP contribution in [0.25, 0.3) is 0 Å². The van der Waals surface area contributed by atoms with Gasteiger partial charge in [-0.1, -0.05) is 0 Å². The molecule has 1 saturated heterocycles. The first kappa shape index (κ1) is 16.7. The monoisotopic (exact) mass is 337 g/mol. The highest BCUT2D eigenvalue weighted by Crippen LogP contribution is 2.45. The van der Waals surface area contributed by atoms with Crippen molar-refractivity contribution in [3.05, 3.63) is 16.6 Å². The number of nitrogens with zero attached hydrogens (tertiary/aromatic N) is 2. The molecule has 128 valence electrons. The zero-order valence-corrected chi connectivity index (χ0v) is 15.1. The number of hydrogen-bond donors (Lipinski definition) is 1. The molecule has 1 unspecified atom stereocenters. The first-order chi connectivity index (χ1) is 10.9. The maximum absolute atomic E-state index is 12.6. The molecule has 1 aromatic rings. The lowest BCUT2D eigenvalue weighted by molar-refractivity contribution is -0.0494. The van der Waals surface area contributed by atoms with E-state index in [2.05, 4.69) is 10.3 Å². The average molecular weight is 337 g/mol. The Balaban J connectivity index is 1.59. The highest BCUT2D eigenvalue weighted by molar-refractivity contribution is 7.09. The average Bonchev–Trinajstić information content (AvgIpc) is 2.94. The predicted molar refractivity (Wildman–Crippen MR) is 91.5 cm³/mol. The van der Waals surface area contributed by atoms with E-state index in [0.29, 0.717) is 6.04 Å². The Morgan fingerprint density at radius 3 is 2.87 bits per heavy atom. The number of ether oxygens (including phenoxy) is 1. The van der Waals surface area contributed by atoms with E-state index < -0.39 is 5.60 Å². The number of hydrogen-bond acceptors (Lipinski definition) is 5. The summed E-state index contributed by atoms with van der Waals surface area (Å²) in [5.41, 5.74) is 1.46. The van der Waals surface area contributed by atoms with Crippen LogP contribution in [0.2, 0.25) is 0 Å². The van der Waals surface area contributed by atoms with Crippen molar-refractivity contribution >= 4 is 17.4 Å². The Labute approximate surface area is 142 Å². The van der Waals surface area contributed by atoms with Gasteiger partial charge in [-0.15, -0.1) is 11.3 Å². The summed E-state index contributed by atoms with van der Waals surface area (Å²) >= 11 is 1.68. The van der Waals surface area contributed by atoms with Gasteiger partial charge in [-0.05, 0) is 52.9 Å². The smallest absolute Gasteiger partial charge is 0.410 e. The SMILES string of the molecule is CC(C)(C)OC(=O)N1CCC(NCc2cncs2)CC12CCC2. The zero-order chi connectivity index (χ0) is 16.5. The van der Waals surface area contributed by atoms with Gasteiger partial charge in [-0.3, -0.25) is 4.98 Å². The second kappa shape index (κ2) is 6.40. The Morgan fingerprint density at radius 1 is 1.52 bits per heavy atom. The molecule has 0 aromatic carbocycles. The quantitative estimate of drug-likeness (QED) is 0.916. The maximum Gasteiger partial charge on any atom is 0.410 e. The van der Waals surface area contributed by atoms with Crippen LogP contribution < -0.4 is 5.32 Å². The number of rotatable bonds is 3. The molecule has 1 aromatic heterocycles. The van der Waals surface area contributed by atoms with Crippen molar-refractivity contribution in [3.63, 3.8) is 0 Å². The maximum atomic E-state index is 12.6. The van der Waals surface area contributed by atoms with Gasteiger partial charge < -0.3 is 15.0 Å². The normalized spacial score (nSPS) is 23.6. The molecule has 1 aliphatic carbocycles. The molecule has 1 spiro atoms. The minimum atomic E-state index is -0.427. The zero-order valence-electron chi connectivity index (χ0n) is 14.3. The second-order valence-corrected chi connectivity index (χ2v) is 8.72. The van der Waals surface area contributed by atoms with Crippen molar-refractivity contribution in [2.24, 2.45) is 0 Å². The van der Waals surface area contributed by atoms with Gasteiger partial charge >= 0.3 is 6.09 Å². The Hall–Kier alpha value is -1.14. The van der Waals surface area contributed by atoms with E-state index in [9.17, 15) is 4.79 Å². The van der Waals surface area contributed by atoms with Gasteiger partial charge in [0.25, 0.3) is 0 Å². The van der Waals surface area contributed by atoms with Crippen LogP contribution in [-0.4, -0.2) is 39.7 Å². The van der Waals surface area contributed by atoms with Gasteiger partial charge in [-0.25, -0.2) is 4.79 Å². The molecular formula is C17H27N3O2S. The molecule has 23 heavy (non-hydrogen) atoms. The molecule has 1 N–H and O–H groups in total. The third-order valence-electron chi connectivity index (χ3n) is 4.85. The molecule has 1 saturated carbocycles. The molecule has 1 amide bonds. The Bertz CT molecular complexity index is 535. The predicted octanol–water partition coefficient (Wildman–Crippen LogP) is 3.55. The minimum Gasteiger partial charge on any atom is -0.444 e. The standard InChI is InChI=1S/C17H27N3O2S/c1-16(2,3)22-15(21)20-8-5-13(9-17(20)6-4-7-17)19-11-14-10-18-12-23-14/h10,12-13,19H,4-9,11H2,1-3H3. The topological polar surface area (TPSA) is 54.5 Å². The van der Waals surface area contributed by atoms with Gasteiger partial charge in [-0.2, -0.15) is 0 Å². The van der Waals surface area contributed by atoms with Gasteiger partial charge in [0.15, 0.2) is 0 Å². The summed E-state index contributed by atoms with van der Waals surface area (Å²) in [5, 5.41) is 3.65. The molecule has 0 radical (unpaired) electrons. The van der Waals surface area contributed by atoms with Crippen molar-refractivity contribution in [1.82, 2.24) is 15.2 Å². The molecule has 2 fully saturated rings. The first-order valence-corrected chi connectivity index (χ1v) is 9.37. The summed E-state index contributed by atoms with van der Waals surface area (Å²) in [4.78, 5) is 19.9. The molecule has 3 rings (SSSR count). The second-order valence-electron chi connectivity index (χ2n) is 7.75. The van der Waals surface area contributed by atoms with Crippen LogP contribution in [0.4, 0.5) is 4.79 Å². The van der Waals surface area contributed by atoms with Crippen LogP contribution >= 0.6 is 11.3 Å². The Morgan fingerprint density at radius 2 is 2.30 bits per heavy atom. The first-order valence-electron chi connectivity index (χ1n) is 8.49. The van der Waals surface area contributed by atoms with Crippen LogP contribution in [0, 0.1) is 0 Å². The number of thiazole rings is 1. The molecule has 6 heteroatoms. The van der Waals surface area contributed by atoms with Crippen molar-refractivity contribution in [2.45, 2.75) is 76.6 Å². The number of aromatic nitrogens is 1. The molecule has 5 nitrogen and oxygen atoms in total. The van der Waals surface area contributed by atoms with Crippen LogP contribution in [-0.2, 0) is 11.3 Å². The Kier molecular flexibility index (Phi) is 4.65. The minimum absolute atomic E-state index is 0.0198. The van der Waals surface area contributed by atoms with Crippen LogP contribution in [0.1, 0.15) is 57.8 Å². The van der Waals surface area contributed by atoms with Crippen molar-refractivity contribution in [1.29, 1.82) is 0 Å². The lowest BCUT2D eigenvalue weighted by Gasteiger charge is -2.54. The van der Waals surface area contributed by atoms with Crippen molar-refractivity contribution in [2.75, 3.05) is 6.54 Å². The van der Waals surface area contributed by atoms with Crippen molar-refractivity contribution < 1.29 is 9.53 Å². The summed E-state index contributed by atoms with van der Waals surface area (Å²) in [7, 11) is 0.